The van der Waals surface area contributed by atoms with E-state index in [-0.39, 0.29) is 5.91 Å². The molecule has 0 unspecified atom stereocenters. The maximum absolute atomic E-state index is 11.2. The van der Waals surface area contributed by atoms with Crippen LogP contribution >= 0.6 is 11.3 Å². The lowest BCUT2D eigenvalue weighted by Gasteiger charge is -2.22. The van der Waals surface area contributed by atoms with Crippen molar-refractivity contribution in [3.63, 3.8) is 0 Å². The van der Waals surface area contributed by atoms with Gasteiger partial charge in [0.05, 0.1) is 4.88 Å². The number of rotatable bonds is 7. The Kier molecular flexibility index (Phi) is 5.88. The van der Waals surface area contributed by atoms with E-state index in [1.165, 1.54) is 43.4 Å². The molecule has 3 N–H and O–H groups in total. The lowest BCUT2D eigenvalue weighted by Crippen LogP contribution is -2.34. The van der Waals surface area contributed by atoms with Gasteiger partial charge in [-0.2, -0.15) is 0 Å². The summed E-state index contributed by atoms with van der Waals surface area (Å²) in [6, 6.07) is 12.3. The molecule has 1 fully saturated rings. The average Bonchev–Trinajstić information content (AvgIpc) is 3.11. The molecule has 1 saturated carbocycles. The minimum absolute atomic E-state index is 0.378. The van der Waals surface area contributed by atoms with E-state index in [2.05, 4.69) is 5.32 Å². The molecule has 1 aliphatic carbocycles. The normalized spacial score (nSPS) is 15.3. The second-order valence-corrected chi connectivity index (χ2v) is 7.27. The van der Waals surface area contributed by atoms with E-state index in [4.69, 9.17) is 10.5 Å². The molecular formula is C19H24N2O2S. The molecule has 1 amide bonds. The van der Waals surface area contributed by atoms with E-state index in [1.807, 2.05) is 30.3 Å². The fourth-order valence-corrected chi connectivity index (χ4v) is 3.94. The molecule has 0 atom stereocenters. The number of hydrogen-bond donors (Lipinski definition) is 2. The van der Waals surface area contributed by atoms with Gasteiger partial charge in [-0.1, -0.05) is 19.3 Å². The quantitative estimate of drug-likeness (QED) is 0.751. The number of carbonyl (C=O) groups excluding carboxylic acids is 1. The number of hydrogen-bond acceptors (Lipinski definition) is 4. The first-order valence-corrected chi connectivity index (χ1v) is 9.40. The summed E-state index contributed by atoms with van der Waals surface area (Å²) in [5.41, 5.74) is 6.37. The molecule has 0 aliphatic heterocycles. The average molecular weight is 344 g/mol. The predicted octanol–water partition coefficient (Wildman–Crippen LogP) is 3.82. The van der Waals surface area contributed by atoms with E-state index in [1.54, 1.807) is 6.07 Å². The van der Waals surface area contributed by atoms with Crippen LogP contribution in [0.3, 0.4) is 0 Å². The van der Waals surface area contributed by atoms with E-state index in [0.29, 0.717) is 17.5 Å². The Hall–Kier alpha value is -1.85. The van der Waals surface area contributed by atoms with E-state index < -0.39 is 0 Å². The Morgan fingerprint density at radius 1 is 1.12 bits per heavy atom. The van der Waals surface area contributed by atoms with Crippen LogP contribution in [0.25, 0.3) is 10.4 Å². The molecule has 0 saturated heterocycles. The van der Waals surface area contributed by atoms with Crippen molar-refractivity contribution in [2.75, 3.05) is 13.2 Å². The van der Waals surface area contributed by atoms with Gasteiger partial charge in [0, 0.05) is 17.5 Å². The molecule has 0 bridgehead atoms. The summed E-state index contributed by atoms with van der Waals surface area (Å²) in [5.74, 6) is 0.493. The second kappa shape index (κ2) is 8.31. The fraction of sp³-hybridized carbons (Fsp3) is 0.421. The van der Waals surface area contributed by atoms with Crippen molar-refractivity contribution in [2.24, 2.45) is 5.73 Å². The van der Waals surface area contributed by atoms with Crippen molar-refractivity contribution in [3.05, 3.63) is 41.3 Å². The topological polar surface area (TPSA) is 64.4 Å². The minimum atomic E-state index is -0.378. The summed E-state index contributed by atoms with van der Waals surface area (Å²) in [5, 5.41) is 3.58. The van der Waals surface area contributed by atoms with E-state index >= 15 is 0 Å². The number of thiophene rings is 1. The van der Waals surface area contributed by atoms with Crippen LogP contribution in [0.2, 0.25) is 0 Å². The van der Waals surface area contributed by atoms with Crippen LogP contribution in [0.4, 0.5) is 0 Å². The molecule has 1 aliphatic rings. The Morgan fingerprint density at radius 2 is 1.88 bits per heavy atom. The zero-order valence-corrected chi connectivity index (χ0v) is 14.6. The summed E-state index contributed by atoms with van der Waals surface area (Å²) in [6.07, 6.45) is 6.66. The standard InChI is InChI=1S/C19H24N2O2S/c20-19(22)18-11-10-17(24-18)14-6-8-16(9-7-14)23-13-12-21-15-4-2-1-3-5-15/h6-11,15,21H,1-5,12-13H2,(H2,20,22). The van der Waals surface area contributed by atoms with Crippen molar-refractivity contribution in [3.8, 4) is 16.2 Å². The maximum atomic E-state index is 11.2. The van der Waals surface area contributed by atoms with Crippen LogP contribution in [0.15, 0.2) is 36.4 Å². The van der Waals surface area contributed by atoms with Gasteiger partial charge in [0.25, 0.3) is 5.91 Å². The van der Waals surface area contributed by atoms with Crippen molar-refractivity contribution in [1.29, 1.82) is 0 Å². The number of benzene rings is 1. The first-order valence-electron chi connectivity index (χ1n) is 8.58. The third-order valence-electron chi connectivity index (χ3n) is 4.40. The highest BCUT2D eigenvalue weighted by Crippen LogP contribution is 2.29. The molecule has 1 aromatic carbocycles. The summed E-state index contributed by atoms with van der Waals surface area (Å²) in [7, 11) is 0. The first-order chi connectivity index (χ1) is 11.7. The van der Waals surface area contributed by atoms with Gasteiger partial charge in [0.15, 0.2) is 0 Å². The van der Waals surface area contributed by atoms with Crippen molar-refractivity contribution < 1.29 is 9.53 Å². The number of primary amides is 1. The molecule has 0 spiro atoms. The third kappa shape index (κ3) is 4.58. The highest BCUT2D eigenvalue weighted by Gasteiger charge is 2.12. The molecule has 128 valence electrons. The smallest absolute Gasteiger partial charge is 0.258 e. The Balaban J connectivity index is 1.46. The second-order valence-electron chi connectivity index (χ2n) is 6.19. The van der Waals surface area contributed by atoms with Crippen LogP contribution in [0.1, 0.15) is 41.8 Å². The molecule has 0 radical (unpaired) electrons. The van der Waals surface area contributed by atoms with Crippen molar-refractivity contribution in [2.45, 2.75) is 38.1 Å². The largest absolute Gasteiger partial charge is 0.492 e. The summed E-state index contributed by atoms with van der Waals surface area (Å²) in [6.45, 7) is 1.57. The van der Waals surface area contributed by atoms with Crippen molar-refractivity contribution >= 4 is 17.2 Å². The molecule has 3 rings (SSSR count). The number of carbonyl (C=O) groups is 1. The molecule has 24 heavy (non-hydrogen) atoms. The lowest BCUT2D eigenvalue weighted by molar-refractivity contribution is 0.100. The van der Waals surface area contributed by atoms with E-state index in [9.17, 15) is 4.79 Å². The summed E-state index contributed by atoms with van der Waals surface area (Å²) >= 11 is 1.41. The van der Waals surface area contributed by atoms with Gasteiger partial charge < -0.3 is 15.8 Å². The van der Waals surface area contributed by atoms with Crippen LogP contribution in [-0.2, 0) is 0 Å². The number of nitrogens with one attached hydrogen (secondary N) is 1. The highest BCUT2D eigenvalue weighted by atomic mass is 32.1. The molecule has 4 nitrogen and oxygen atoms in total. The third-order valence-corrected chi connectivity index (χ3v) is 5.55. The fourth-order valence-electron chi connectivity index (χ4n) is 3.08. The van der Waals surface area contributed by atoms with Gasteiger partial charge >= 0.3 is 0 Å². The first kappa shape index (κ1) is 17.0. The van der Waals surface area contributed by atoms with Gasteiger partial charge in [0.1, 0.15) is 12.4 Å². The summed E-state index contributed by atoms with van der Waals surface area (Å²) < 4.78 is 5.80. The SMILES string of the molecule is NC(=O)c1ccc(-c2ccc(OCCNC3CCCCC3)cc2)s1. The zero-order chi connectivity index (χ0) is 16.8. The highest BCUT2D eigenvalue weighted by molar-refractivity contribution is 7.17. The minimum Gasteiger partial charge on any atom is -0.492 e. The molecule has 1 heterocycles. The lowest BCUT2D eigenvalue weighted by atomic mass is 9.96. The summed E-state index contributed by atoms with van der Waals surface area (Å²) in [4.78, 5) is 12.8. The van der Waals surface area contributed by atoms with Gasteiger partial charge in [-0.05, 0) is 54.8 Å². The van der Waals surface area contributed by atoms with Crippen molar-refractivity contribution in [1.82, 2.24) is 5.32 Å². The Morgan fingerprint density at radius 3 is 2.54 bits per heavy atom. The van der Waals surface area contributed by atoms with Gasteiger partial charge in [-0.15, -0.1) is 11.3 Å². The molecule has 2 aromatic rings. The zero-order valence-electron chi connectivity index (χ0n) is 13.8. The number of amides is 1. The van der Waals surface area contributed by atoms with Gasteiger partial charge in [0.2, 0.25) is 0 Å². The maximum Gasteiger partial charge on any atom is 0.258 e. The van der Waals surface area contributed by atoms with Gasteiger partial charge in [-0.3, -0.25) is 4.79 Å². The Bertz CT molecular complexity index is 660. The van der Waals surface area contributed by atoms with Crippen LogP contribution < -0.4 is 15.8 Å². The molecular weight excluding hydrogens is 320 g/mol. The van der Waals surface area contributed by atoms with Gasteiger partial charge in [-0.25, -0.2) is 0 Å². The van der Waals surface area contributed by atoms with Crippen LogP contribution in [0, 0.1) is 0 Å². The van der Waals surface area contributed by atoms with E-state index in [0.717, 1.165) is 22.7 Å². The Labute approximate surface area is 147 Å². The number of nitrogens with two attached hydrogens (primary N) is 1. The molecule has 5 heteroatoms. The number of ether oxygens (including phenoxy) is 1. The monoisotopic (exact) mass is 344 g/mol. The van der Waals surface area contributed by atoms with Crippen LogP contribution in [0.5, 0.6) is 5.75 Å². The predicted molar refractivity (Wildman–Crippen MR) is 98.6 cm³/mol. The molecule has 1 aromatic heterocycles. The van der Waals surface area contributed by atoms with Crippen LogP contribution in [-0.4, -0.2) is 25.1 Å².